The van der Waals surface area contributed by atoms with Gasteiger partial charge in [0.1, 0.15) is 19.0 Å². The molecular formula is C44H52Cl3KN14O4. The standard InChI is InChI=1S/C10H9ClN4O2.C10H10ClN3.C10H12N4.C8H6ClN.C4H9O.C2H6N2O.K/c1-6-8(10-12-5-14(2)13-10)3-7(11)4-9(6)15(16)17;1-7-3-4-8(11)5-9(7)10-12-6-14(2)13-10;1-7-8(4-3-5-9(7)11)10-12-6-14(2)13-10;1-6-2-3-8(9)4-7(6)5-10;1-4(2,3)5;1-4(3)2-5;/h3-5H,1-2H3;3-6H,1-2H3;3-6H,11H2,1-2H3;2-4H,1H3;1-3H3;2H,3H2,1H3;/q;;;;-1;;+1. The molecule has 7 aromatic rings. The van der Waals surface area contributed by atoms with Crippen LogP contribution < -0.4 is 68.1 Å². The van der Waals surface area contributed by atoms with E-state index in [1.54, 1.807) is 75.0 Å². The predicted octanol–water partition coefficient (Wildman–Crippen LogP) is 4.79. The molecule has 22 heteroatoms. The first kappa shape index (κ1) is 58.9. The van der Waals surface area contributed by atoms with E-state index in [2.05, 4.69) is 36.3 Å². The average Bonchev–Trinajstić information content (AvgIpc) is 3.99. The molecule has 18 nitrogen and oxygen atoms in total. The van der Waals surface area contributed by atoms with Crippen molar-refractivity contribution in [2.75, 3.05) is 12.8 Å². The Morgan fingerprint density at radius 1 is 0.727 bits per heavy atom. The van der Waals surface area contributed by atoms with E-state index in [0.29, 0.717) is 49.8 Å². The first-order valence-corrected chi connectivity index (χ1v) is 20.4. The Labute approximate surface area is 442 Å². The van der Waals surface area contributed by atoms with Gasteiger partial charge >= 0.3 is 51.4 Å². The number of anilines is 1. The molecule has 3 heterocycles. The molecule has 0 fully saturated rings. The number of benzene rings is 4. The van der Waals surface area contributed by atoms with Gasteiger partial charge in [0, 0.05) is 77.3 Å². The van der Waals surface area contributed by atoms with Crippen molar-refractivity contribution in [3.63, 3.8) is 0 Å². The van der Waals surface area contributed by atoms with Crippen LogP contribution in [0.1, 0.15) is 48.6 Å². The van der Waals surface area contributed by atoms with Crippen LogP contribution >= 0.6 is 34.8 Å². The fourth-order valence-electron chi connectivity index (χ4n) is 4.92. The summed E-state index contributed by atoms with van der Waals surface area (Å²) in [5.41, 5.74) is 12.6. The van der Waals surface area contributed by atoms with E-state index >= 15 is 0 Å². The zero-order chi connectivity index (χ0) is 49.2. The van der Waals surface area contributed by atoms with E-state index in [4.69, 9.17) is 51.6 Å². The molecule has 7 rings (SSSR count). The van der Waals surface area contributed by atoms with Crippen molar-refractivity contribution in [3.8, 4) is 40.2 Å². The Morgan fingerprint density at radius 2 is 1.15 bits per heavy atom. The van der Waals surface area contributed by atoms with Crippen molar-refractivity contribution in [2.24, 2.45) is 27.0 Å². The number of nitrogens with two attached hydrogens (primary N) is 2. The first-order valence-electron chi connectivity index (χ1n) is 19.3. The monoisotopic (exact) mass is 984 g/mol. The van der Waals surface area contributed by atoms with Crippen LogP contribution in [0.5, 0.6) is 0 Å². The van der Waals surface area contributed by atoms with Gasteiger partial charge < -0.3 is 10.8 Å². The summed E-state index contributed by atoms with van der Waals surface area (Å²) in [6.07, 6.45) is 5.41. The van der Waals surface area contributed by atoms with Crippen LogP contribution in [0, 0.1) is 49.1 Å². The maximum atomic E-state index is 10.9. The Kier molecular flexibility index (Phi) is 25.1. The van der Waals surface area contributed by atoms with Gasteiger partial charge in [-0.25, -0.2) is 20.8 Å². The maximum absolute atomic E-state index is 10.9. The van der Waals surface area contributed by atoms with Crippen molar-refractivity contribution in [1.82, 2.24) is 49.3 Å². The minimum Gasteiger partial charge on any atom is -0.850 e. The molecule has 1 amide bonds. The number of nitriles is 1. The number of hydrazine groups is 1. The summed E-state index contributed by atoms with van der Waals surface area (Å²) >= 11 is 17.4. The summed E-state index contributed by atoms with van der Waals surface area (Å²) in [6, 6.07) is 21.7. The zero-order valence-electron chi connectivity index (χ0n) is 38.9. The second-order valence-corrected chi connectivity index (χ2v) is 16.3. The number of aromatic nitrogens is 9. The molecule has 66 heavy (non-hydrogen) atoms. The fourth-order valence-corrected chi connectivity index (χ4v) is 5.48. The SMILES string of the molecule is CC(C)(C)[O-].CN(N)C=O.Cc1c(-c2ncn(C)n2)cc(Cl)cc1[N+](=O)[O-].Cc1c(N)cccc1-c1ncn(C)n1.Cc1ccc(Cl)cc1-c1ncn(C)n1.Cc1ccc(Cl)cc1C#N.[K+]. The Bertz CT molecular complexity index is 2660. The summed E-state index contributed by atoms with van der Waals surface area (Å²) in [7, 11) is 6.88. The Hall–Kier alpha value is -5.11. The van der Waals surface area contributed by atoms with Gasteiger partial charge in [0.25, 0.3) is 5.69 Å². The van der Waals surface area contributed by atoms with Crippen LogP contribution in [0.25, 0.3) is 34.2 Å². The zero-order valence-corrected chi connectivity index (χ0v) is 44.3. The van der Waals surface area contributed by atoms with E-state index in [0.717, 1.165) is 44.3 Å². The van der Waals surface area contributed by atoms with Crippen molar-refractivity contribution >= 4 is 52.6 Å². The van der Waals surface area contributed by atoms with E-state index in [1.807, 2.05) is 77.3 Å². The molecule has 0 unspecified atom stereocenters. The molecular weight excluding hydrogens is 934 g/mol. The van der Waals surface area contributed by atoms with Crippen molar-refractivity contribution < 1.29 is 66.2 Å². The number of rotatable bonds is 5. The van der Waals surface area contributed by atoms with Crippen molar-refractivity contribution in [1.29, 1.82) is 5.26 Å². The number of hydrogen-bond donors (Lipinski definition) is 2. The first-order chi connectivity index (χ1) is 30.3. The molecule has 3 aromatic heterocycles. The van der Waals surface area contributed by atoms with Crippen LogP contribution in [0.2, 0.25) is 15.1 Å². The van der Waals surface area contributed by atoms with Crippen molar-refractivity contribution in [2.45, 2.75) is 54.1 Å². The quantitative estimate of drug-likeness (QED) is 0.0448. The van der Waals surface area contributed by atoms with Crippen LogP contribution in [0.4, 0.5) is 11.4 Å². The second-order valence-electron chi connectivity index (χ2n) is 15.0. The molecule has 4 N–H and O–H groups in total. The predicted molar refractivity (Wildman–Crippen MR) is 253 cm³/mol. The number of aryl methyl sites for hydroxylation is 5. The smallest absolute Gasteiger partial charge is 0.850 e. The number of amides is 1. The van der Waals surface area contributed by atoms with Gasteiger partial charge in [-0.3, -0.25) is 34.0 Å². The third-order valence-corrected chi connectivity index (χ3v) is 8.81. The van der Waals surface area contributed by atoms with Crippen LogP contribution in [-0.4, -0.2) is 73.3 Å². The Morgan fingerprint density at radius 3 is 1.56 bits per heavy atom. The number of nitrogens with zero attached hydrogens (tertiary/aromatic N) is 12. The summed E-state index contributed by atoms with van der Waals surface area (Å²) in [5.74, 6) is 6.62. The van der Waals surface area contributed by atoms with Gasteiger partial charge in [-0.15, -0.1) is 5.60 Å². The molecule has 0 bridgehead atoms. The third-order valence-electron chi connectivity index (χ3n) is 8.12. The molecule has 0 atom stereocenters. The molecule has 0 saturated heterocycles. The molecule has 0 saturated carbocycles. The number of carbonyl (C=O) groups is 1. The van der Waals surface area contributed by atoms with Gasteiger partial charge in [-0.2, -0.15) is 20.6 Å². The van der Waals surface area contributed by atoms with E-state index in [-0.39, 0.29) is 57.1 Å². The Balaban J connectivity index is 0.000000414. The van der Waals surface area contributed by atoms with E-state index in [1.165, 1.54) is 24.1 Å². The number of nitro groups is 1. The molecule has 0 radical (unpaired) electrons. The largest absolute Gasteiger partial charge is 1.00 e. The normalized spacial score (nSPS) is 9.92. The minimum atomic E-state index is -0.750. The number of hydrogen-bond acceptors (Lipinski definition) is 13. The van der Waals surface area contributed by atoms with Gasteiger partial charge in [0.15, 0.2) is 17.5 Å². The molecule has 0 spiro atoms. The number of halogens is 3. The summed E-state index contributed by atoms with van der Waals surface area (Å²) in [6.45, 7) is 12.4. The van der Waals surface area contributed by atoms with Crippen LogP contribution in [-0.2, 0) is 25.9 Å². The average molecular weight is 986 g/mol. The van der Waals surface area contributed by atoms with E-state index < -0.39 is 10.5 Å². The van der Waals surface area contributed by atoms with Crippen LogP contribution in [0.15, 0.2) is 85.7 Å². The number of nitrogen functional groups attached to an aromatic ring is 1. The van der Waals surface area contributed by atoms with Gasteiger partial charge in [-0.1, -0.05) is 79.8 Å². The van der Waals surface area contributed by atoms with Gasteiger partial charge in [-0.05, 0) is 80.8 Å². The van der Waals surface area contributed by atoms with Gasteiger partial charge in [0.2, 0.25) is 6.41 Å². The molecule has 0 aliphatic rings. The summed E-state index contributed by atoms with van der Waals surface area (Å²) in [4.78, 5) is 32.1. The molecule has 4 aromatic carbocycles. The third kappa shape index (κ3) is 20.6. The molecule has 0 aliphatic heterocycles. The number of nitro benzene ring substituents is 1. The molecule has 0 aliphatic carbocycles. The van der Waals surface area contributed by atoms with E-state index in [9.17, 15) is 20.0 Å². The molecule has 344 valence electrons. The summed E-state index contributed by atoms with van der Waals surface area (Å²) < 4.78 is 4.88. The second kappa shape index (κ2) is 28.2. The van der Waals surface area contributed by atoms with Crippen LogP contribution in [0.3, 0.4) is 0 Å². The summed E-state index contributed by atoms with van der Waals surface area (Å²) in [5, 5.41) is 44.6. The number of carbonyl (C=O) groups excluding carboxylic acids is 1. The maximum Gasteiger partial charge on any atom is 1.00 e. The minimum absolute atomic E-state index is 0. The van der Waals surface area contributed by atoms with Gasteiger partial charge in [0.05, 0.1) is 16.6 Å². The van der Waals surface area contributed by atoms with Crippen molar-refractivity contribution in [3.05, 3.63) is 139 Å². The fraction of sp³-hybridized carbons (Fsp3) is 0.273. The topological polar surface area (TPSA) is 254 Å².